The fourth-order valence-corrected chi connectivity index (χ4v) is 2.43. The molecule has 18 heavy (non-hydrogen) atoms. The van der Waals surface area contributed by atoms with Gasteiger partial charge in [0, 0.05) is 28.4 Å². The van der Waals surface area contributed by atoms with Crippen LogP contribution in [0.4, 0.5) is 0 Å². The van der Waals surface area contributed by atoms with E-state index in [1.165, 1.54) is 18.1 Å². The molecule has 0 aliphatic rings. The molecule has 2 aromatic heterocycles. The maximum atomic E-state index is 11.9. The molecule has 6 heteroatoms. The van der Waals surface area contributed by atoms with Crippen molar-refractivity contribution in [2.24, 2.45) is 0 Å². The van der Waals surface area contributed by atoms with Crippen LogP contribution in [0.25, 0.3) is 10.9 Å². The van der Waals surface area contributed by atoms with Crippen LogP contribution in [-0.2, 0) is 5.75 Å². The number of aromatic amines is 2. The highest BCUT2D eigenvalue weighted by Gasteiger charge is 2.03. The van der Waals surface area contributed by atoms with Gasteiger partial charge in [-0.25, -0.2) is 4.98 Å². The lowest BCUT2D eigenvalue weighted by molar-refractivity contribution is 0.971. The van der Waals surface area contributed by atoms with Crippen molar-refractivity contribution in [3.05, 3.63) is 52.6 Å². The van der Waals surface area contributed by atoms with Crippen molar-refractivity contribution >= 4 is 22.7 Å². The van der Waals surface area contributed by atoms with Crippen LogP contribution in [0, 0.1) is 0 Å². The van der Waals surface area contributed by atoms with Gasteiger partial charge >= 0.3 is 0 Å². The predicted octanol–water partition coefficient (Wildman–Crippen LogP) is 1.94. The van der Waals surface area contributed by atoms with Crippen molar-refractivity contribution in [1.29, 1.82) is 0 Å². The smallest absolute Gasteiger partial charge is 0.189 e. The lowest BCUT2D eigenvalue weighted by Crippen LogP contribution is -2.04. The fraction of sp³-hybridized carbons (Fsp3) is 0.0833. The quantitative estimate of drug-likeness (QED) is 0.704. The van der Waals surface area contributed by atoms with Crippen LogP contribution in [0.3, 0.4) is 0 Å². The number of para-hydroxylation sites is 1. The van der Waals surface area contributed by atoms with Gasteiger partial charge in [-0.2, -0.15) is 5.10 Å². The van der Waals surface area contributed by atoms with Gasteiger partial charge in [-0.1, -0.05) is 23.9 Å². The van der Waals surface area contributed by atoms with Gasteiger partial charge in [0.2, 0.25) is 0 Å². The summed E-state index contributed by atoms with van der Waals surface area (Å²) in [6.45, 7) is 0. The van der Waals surface area contributed by atoms with E-state index in [4.69, 9.17) is 0 Å². The first-order valence-corrected chi connectivity index (χ1v) is 6.40. The topological polar surface area (TPSA) is 74.4 Å². The molecule has 0 aliphatic heterocycles. The number of nitrogens with one attached hydrogen (secondary N) is 2. The number of benzene rings is 1. The Kier molecular flexibility index (Phi) is 2.85. The van der Waals surface area contributed by atoms with Gasteiger partial charge in [-0.3, -0.25) is 9.89 Å². The Bertz CT molecular complexity index is 720. The van der Waals surface area contributed by atoms with Crippen molar-refractivity contribution in [2.45, 2.75) is 10.9 Å². The molecular weight excluding hydrogens is 248 g/mol. The molecule has 0 radical (unpaired) electrons. The molecule has 5 nitrogen and oxygen atoms in total. The number of fused-ring (bicyclic) bond motifs is 1. The summed E-state index contributed by atoms with van der Waals surface area (Å²) in [5.41, 5.74) is 1.77. The van der Waals surface area contributed by atoms with Crippen molar-refractivity contribution in [2.75, 3.05) is 0 Å². The highest BCUT2D eigenvalue weighted by atomic mass is 32.2. The number of thioether (sulfide) groups is 1. The molecule has 0 saturated heterocycles. The second-order valence-electron chi connectivity index (χ2n) is 3.78. The Morgan fingerprint density at radius 2 is 2.17 bits per heavy atom. The van der Waals surface area contributed by atoms with E-state index in [1.54, 1.807) is 6.07 Å². The van der Waals surface area contributed by atoms with Crippen LogP contribution in [0.1, 0.15) is 5.69 Å². The molecule has 0 aliphatic carbocycles. The number of hydrogen-bond donors (Lipinski definition) is 2. The molecule has 0 saturated carbocycles. The Morgan fingerprint density at radius 3 is 3.00 bits per heavy atom. The molecule has 2 N–H and O–H groups in total. The minimum Gasteiger partial charge on any atom is -0.357 e. The minimum atomic E-state index is 0.0394. The molecule has 0 spiro atoms. The largest absolute Gasteiger partial charge is 0.357 e. The lowest BCUT2D eigenvalue weighted by Gasteiger charge is -2.02. The third-order valence-electron chi connectivity index (χ3n) is 2.55. The summed E-state index contributed by atoms with van der Waals surface area (Å²) in [7, 11) is 0. The zero-order valence-electron chi connectivity index (χ0n) is 9.38. The summed E-state index contributed by atoms with van der Waals surface area (Å²) in [5, 5.41) is 8.00. The van der Waals surface area contributed by atoms with Crippen molar-refractivity contribution < 1.29 is 0 Å². The van der Waals surface area contributed by atoms with E-state index < -0.39 is 0 Å². The molecule has 0 atom stereocenters. The Morgan fingerprint density at radius 1 is 1.28 bits per heavy atom. The van der Waals surface area contributed by atoms with Crippen molar-refractivity contribution in [3.8, 4) is 0 Å². The standard InChI is InChI=1S/C12H10N4OS/c17-11-5-8(6-18-12-13-7-14-16-12)15-10-4-2-1-3-9(10)11/h1-5,7H,6H2,(H,15,17)(H,13,14,16). The molecule has 0 unspecified atom stereocenters. The van der Waals surface area contributed by atoms with E-state index in [-0.39, 0.29) is 5.43 Å². The van der Waals surface area contributed by atoms with Crippen LogP contribution >= 0.6 is 11.8 Å². The van der Waals surface area contributed by atoms with Gasteiger partial charge in [-0.15, -0.1) is 0 Å². The van der Waals surface area contributed by atoms with E-state index in [9.17, 15) is 4.79 Å². The van der Waals surface area contributed by atoms with Crippen LogP contribution in [0.2, 0.25) is 0 Å². The molecule has 90 valence electrons. The first kappa shape index (κ1) is 11.0. The first-order chi connectivity index (χ1) is 8.83. The monoisotopic (exact) mass is 258 g/mol. The molecule has 0 amide bonds. The third kappa shape index (κ3) is 2.14. The Labute approximate surface area is 107 Å². The third-order valence-corrected chi connectivity index (χ3v) is 3.48. The van der Waals surface area contributed by atoms with Gasteiger partial charge < -0.3 is 4.98 Å². The fourth-order valence-electron chi connectivity index (χ4n) is 1.74. The molecule has 3 rings (SSSR count). The number of nitrogens with zero attached hydrogens (tertiary/aromatic N) is 2. The molecule has 3 aromatic rings. The van der Waals surface area contributed by atoms with Crippen LogP contribution in [-0.4, -0.2) is 20.2 Å². The summed E-state index contributed by atoms with van der Waals surface area (Å²) in [5.74, 6) is 0.648. The summed E-state index contributed by atoms with van der Waals surface area (Å²) in [6.07, 6.45) is 1.46. The summed E-state index contributed by atoms with van der Waals surface area (Å²) in [4.78, 5) is 19.2. The van der Waals surface area contributed by atoms with Gasteiger partial charge in [0.25, 0.3) is 0 Å². The maximum Gasteiger partial charge on any atom is 0.189 e. The highest BCUT2D eigenvalue weighted by Crippen LogP contribution is 2.17. The molecule has 0 bridgehead atoms. The SMILES string of the molecule is O=c1cc(CSc2ncn[nH]2)[nH]c2ccccc12. The number of rotatable bonds is 3. The van der Waals surface area contributed by atoms with E-state index in [2.05, 4.69) is 20.2 Å². The Balaban J connectivity index is 1.91. The summed E-state index contributed by atoms with van der Waals surface area (Å²) < 4.78 is 0. The zero-order chi connectivity index (χ0) is 12.4. The van der Waals surface area contributed by atoms with E-state index in [1.807, 2.05) is 24.3 Å². The maximum absolute atomic E-state index is 11.9. The first-order valence-electron chi connectivity index (χ1n) is 5.42. The number of H-pyrrole nitrogens is 2. The summed E-state index contributed by atoms with van der Waals surface area (Å²) >= 11 is 1.50. The van der Waals surface area contributed by atoms with Crippen LogP contribution in [0.15, 0.2) is 46.6 Å². The normalized spacial score (nSPS) is 10.9. The Hall–Kier alpha value is -2.08. The minimum absolute atomic E-state index is 0.0394. The number of pyridine rings is 1. The van der Waals surface area contributed by atoms with Crippen LogP contribution < -0.4 is 5.43 Å². The number of hydrogen-bond acceptors (Lipinski definition) is 4. The molecule has 2 heterocycles. The van der Waals surface area contributed by atoms with Crippen LogP contribution in [0.5, 0.6) is 0 Å². The molecule has 0 fully saturated rings. The molecular formula is C12H10N4OS. The highest BCUT2D eigenvalue weighted by molar-refractivity contribution is 7.98. The molecule has 1 aromatic carbocycles. The van der Waals surface area contributed by atoms with E-state index in [0.29, 0.717) is 11.1 Å². The predicted molar refractivity (Wildman–Crippen MR) is 70.5 cm³/mol. The van der Waals surface area contributed by atoms with Gasteiger partial charge in [-0.05, 0) is 12.1 Å². The second kappa shape index (κ2) is 4.66. The van der Waals surface area contributed by atoms with Gasteiger partial charge in [0.15, 0.2) is 10.6 Å². The van der Waals surface area contributed by atoms with Gasteiger partial charge in [0.05, 0.1) is 0 Å². The second-order valence-corrected chi connectivity index (χ2v) is 4.75. The average molecular weight is 258 g/mol. The summed E-state index contributed by atoms with van der Waals surface area (Å²) in [6, 6.07) is 9.12. The van der Waals surface area contributed by atoms with E-state index in [0.717, 1.165) is 16.4 Å². The zero-order valence-corrected chi connectivity index (χ0v) is 10.2. The van der Waals surface area contributed by atoms with Gasteiger partial charge in [0.1, 0.15) is 6.33 Å². The average Bonchev–Trinajstić information content (AvgIpc) is 2.90. The van der Waals surface area contributed by atoms with Crippen molar-refractivity contribution in [3.63, 3.8) is 0 Å². The number of aromatic nitrogens is 4. The van der Waals surface area contributed by atoms with Crippen molar-refractivity contribution in [1.82, 2.24) is 20.2 Å². The lowest BCUT2D eigenvalue weighted by atomic mass is 10.2. The van der Waals surface area contributed by atoms with E-state index >= 15 is 0 Å².